The Balaban J connectivity index is 1.75. The van der Waals surface area contributed by atoms with Crippen LogP contribution >= 0.6 is 0 Å². The molecular weight excluding hydrogens is 308 g/mol. The van der Waals surface area contributed by atoms with Crippen molar-refractivity contribution in [2.75, 3.05) is 59.4 Å². The van der Waals surface area contributed by atoms with Crippen LogP contribution in [0.25, 0.3) is 0 Å². The summed E-state index contributed by atoms with van der Waals surface area (Å²) in [5, 5.41) is 3.59. The smallest absolute Gasteiger partial charge is 0.0476 e. The van der Waals surface area contributed by atoms with Gasteiger partial charge in [0.2, 0.25) is 0 Å². The molecule has 4 nitrogen and oxygen atoms in total. The van der Waals surface area contributed by atoms with Crippen LogP contribution in [0.3, 0.4) is 0 Å². The van der Waals surface area contributed by atoms with Gasteiger partial charge in [0.15, 0.2) is 0 Å². The third-order valence-electron chi connectivity index (χ3n) is 5.86. The topological polar surface area (TPSA) is 21.8 Å². The third-order valence-corrected chi connectivity index (χ3v) is 5.86. The molecule has 0 aliphatic carbocycles. The second kappa shape index (κ2) is 8.63. The van der Waals surface area contributed by atoms with Gasteiger partial charge in [-0.2, -0.15) is 0 Å². The number of benzene rings is 1. The lowest BCUT2D eigenvalue weighted by molar-refractivity contribution is 0.0835. The second-order valence-corrected chi connectivity index (χ2v) is 8.29. The van der Waals surface area contributed by atoms with Crippen molar-refractivity contribution < 1.29 is 0 Å². The highest BCUT2D eigenvalue weighted by atomic mass is 15.3. The fourth-order valence-corrected chi connectivity index (χ4v) is 4.06. The Hall–Kier alpha value is -0.940. The lowest BCUT2D eigenvalue weighted by Gasteiger charge is -2.42. The largest absolute Gasteiger partial charge is 0.312 e. The maximum atomic E-state index is 3.59. The molecule has 4 heteroatoms. The van der Waals surface area contributed by atoms with E-state index in [1.54, 1.807) is 0 Å². The zero-order chi connectivity index (χ0) is 17.8. The molecule has 3 rings (SSSR count). The highest BCUT2D eigenvalue weighted by Crippen LogP contribution is 2.26. The van der Waals surface area contributed by atoms with Crippen molar-refractivity contribution in [2.45, 2.75) is 38.8 Å². The van der Waals surface area contributed by atoms with Gasteiger partial charge in [0.05, 0.1) is 0 Å². The van der Waals surface area contributed by atoms with Crippen LogP contribution in [0.15, 0.2) is 24.3 Å². The van der Waals surface area contributed by atoms with Gasteiger partial charge in [-0.05, 0) is 31.0 Å². The lowest BCUT2D eigenvalue weighted by atomic mass is 9.97. The minimum absolute atomic E-state index is 0.508. The Bertz CT molecular complexity index is 519. The Kier molecular flexibility index (Phi) is 6.50. The van der Waals surface area contributed by atoms with Crippen molar-refractivity contribution in [3.63, 3.8) is 0 Å². The first-order valence-electron chi connectivity index (χ1n) is 10.0. The first-order valence-corrected chi connectivity index (χ1v) is 10.0. The molecule has 0 amide bonds. The van der Waals surface area contributed by atoms with E-state index in [1.165, 1.54) is 37.3 Å². The molecule has 2 unspecified atom stereocenters. The summed E-state index contributed by atoms with van der Waals surface area (Å²) in [6.45, 7) is 16.2. The van der Waals surface area contributed by atoms with E-state index in [2.05, 4.69) is 72.1 Å². The van der Waals surface area contributed by atoms with Gasteiger partial charge in [-0.25, -0.2) is 0 Å². The molecule has 2 aliphatic heterocycles. The van der Waals surface area contributed by atoms with Crippen LogP contribution in [0.1, 0.15) is 43.9 Å². The molecule has 1 aromatic carbocycles. The first-order chi connectivity index (χ1) is 12.0. The molecule has 0 radical (unpaired) electrons. The highest BCUT2D eigenvalue weighted by Gasteiger charge is 2.27. The summed E-state index contributed by atoms with van der Waals surface area (Å²) in [4.78, 5) is 7.80. The fraction of sp³-hybridized carbons (Fsp3) is 0.714. The van der Waals surface area contributed by atoms with E-state index < -0.39 is 0 Å². The summed E-state index contributed by atoms with van der Waals surface area (Å²) in [6.07, 6.45) is 0. The Labute approximate surface area is 154 Å². The van der Waals surface area contributed by atoms with E-state index in [0.29, 0.717) is 18.0 Å². The number of hydrogen-bond donors (Lipinski definition) is 1. The zero-order valence-corrected chi connectivity index (χ0v) is 16.5. The van der Waals surface area contributed by atoms with E-state index in [4.69, 9.17) is 0 Å². The van der Waals surface area contributed by atoms with Crippen molar-refractivity contribution >= 4 is 0 Å². The number of nitrogens with zero attached hydrogens (tertiary/aromatic N) is 3. The van der Waals surface area contributed by atoms with Crippen LogP contribution in [-0.4, -0.2) is 80.1 Å². The molecule has 2 saturated heterocycles. The van der Waals surface area contributed by atoms with Crippen molar-refractivity contribution in [3.8, 4) is 0 Å². The van der Waals surface area contributed by atoms with Crippen molar-refractivity contribution in [2.24, 2.45) is 0 Å². The van der Waals surface area contributed by atoms with E-state index in [1.807, 2.05) is 0 Å². The van der Waals surface area contributed by atoms with Crippen LogP contribution in [-0.2, 0) is 0 Å². The summed E-state index contributed by atoms with van der Waals surface area (Å²) in [7, 11) is 2.23. The van der Waals surface area contributed by atoms with Crippen LogP contribution in [0, 0.1) is 0 Å². The molecule has 1 aromatic rings. The fourth-order valence-electron chi connectivity index (χ4n) is 4.06. The Morgan fingerprint density at radius 2 is 1.64 bits per heavy atom. The van der Waals surface area contributed by atoms with Gasteiger partial charge in [-0.1, -0.05) is 38.1 Å². The molecule has 0 aromatic heterocycles. The monoisotopic (exact) mass is 344 g/mol. The molecule has 0 spiro atoms. The van der Waals surface area contributed by atoms with Gasteiger partial charge in [0.25, 0.3) is 0 Å². The van der Waals surface area contributed by atoms with Crippen molar-refractivity contribution in [1.82, 2.24) is 20.0 Å². The molecule has 1 N–H and O–H groups in total. The maximum absolute atomic E-state index is 3.59. The quantitative estimate of drug-likeness (QED) is 0.885. The minimum Gasteiger partial charge on any atom is -0.312 e. The molecule has 0 bridgehead atoms. The lowest BCUT2D eigenvalue weighted by Crippen LogP contribution is -2.53. The van der Waals surface area contributed by atoms with Gasteiger partial charge in [0, 0.05) is 64.4 Å². The summed E-state index contributed by atoms with van der Waals surface area (Å²) in [5.74, 6) is 0.601. The van der Waals surface area contributed by atoms with E-state index in [9.17, 15) is 0 Å². The van der Waals surface area contributed by atoms with Crippen LogP contribution in [0.2, 0.25) is 0 Å². The van der Waals surface area contributed by atoms with Gasteiger partial charge in [-0.3, -0.25) is 9.80 Å². The molecule has 2 fully saturated rings. The van der Waals surface area contributed by atoms with Crippen LogP contribution in [0.5, 0.6) is 0 Å². The predicted molar refractivity (Wildman–Crippen MR) is 106 cm³/mol. The number of hydrogen-bond acceptors (Lipinski definition) is 4. The van der Waals surface area contributed by atoms with Crippen molar-refractivity contribution in [3.05, 3.63) is 35.4 Å². The summed E-state index contributed by atoms with van der Waals surface area (Å²) >= 11 is 0. The number of piperazine rings is 2. The minimum atomic E-state index is 0.508. The summed E-state index contributed by atoms with van der Waals surface area (Å²) in [6, 6.07) is 10.5. The first kappa shape index (κ1) is 18.8. The van der Waals surface area contributed by atoms with E-state index in [0.717, 1.165) is 26.2 Å². The highest BCUT2D eigenvalue weighted by molar-refractivity contribution is 5.27. The normalized spacial score (nSPS) is 25.4. The molecular formula is C21H36N4. The SMILES string of the molecule is CC1CN(C(CN2CCN(C)CC2)c2ccc(C(C)C)cc2)CCN1. The number of likely N-dealkylation sites (N-methyl/N-ethyl adjacent to an activating group) is 1. The van der Waals surface area contributed by atoms with Crippen LogP contribution in [0.4, 0.5) is 0 Å². The molecule has 25 heavy (non-hydrogen) atoms. The third kappa shape index (κ3) is 5.04. The standard InChI is InChI=1S/C21H36N4/c1-17(2)19-5-7-20(8-6-19)21(25-10-9-22-18(3)15-25)16-24-13-11-23(4)12-14-24/h5-8,17-18,21-22H,9-16H2,1-4H3. The Morgan fingerprint density at radius 3 is 2.24 bits per heavy atom. The van der Waals surface area contributed by atoms with Crippen LogP contribution < -0.4 is 5.32 Å². The molecule has 2 aliphatic rings. The summed E-state index contributed by atoms with van der Waals surface area (Å²) < 4.78 is 0. The van der Waals surface area contributed by atoms with Gasteiger partial charge in [0.1, 0.15) is 0 Å². The maximum Gasteiger partial charge on any atom is 0.0476 e. The average molecular weight is 345 g/mol. The van der Waals surface area contributed by atoms with E-state index >= 15 is 0 Å². The number of rotatable bonds is 5. The van der Waals surface area contributed by atoms with Gasteiger partial charge in [-0.15, -0.1) is 0 Å². The molecule has 2 heterocycles. The molecule has 140 valence electrons. The zero-order valence-electron chi connectivity index (χ0n) is 16.5. The van der Waals surface area contributed by atoms with Gasteiger partial charge >= 0.3 is 0 Å². The van der Waals surface area contributed by atoms with E-state index in [-0.39, 0.29) is 0 Å². The predicted octanol–water partition coefficient (Wildman–Crippen LogP) is 2.39. The van der Waals surface area contributed by atoms with Gasteiger partial charge < -0.3 is 10.2 Å². The Morgan fingerprint density at radius 1 is 1.00 bits per heavy atom. The number of nitrogens with one attached hydrogen (secondary N) is 1. The average Bonchev–Trinajstić information content (AvgIpc) is 2.61. The molecule has 0 saturated carbocycles. The summed E-state index contributed by atoms with van der Waals surface area (Å²) in [5.41, 5.74) is 2.92. The second-order valence-electron chi connectivity index (χ2n) is 8.29. The van der Waals surface area contributed by atoms with Crippen molar-refractivity contribution in [1.29, 1.82) is 0 Å². The molecule has 2 atom stereocenters.